The molecule has 0 aliphatic carbocycles. The Balaban J connectivity index is 2.50. The molecular weight excluding hydrogens is 349 g/mol. The average Bonchev–Trinajstić information content (AvgIpc) is 2.46. The van der Waals surface area contributed by atoms with Crippen molar-refractivity contribution in [2.24, 2.45) is 0 Å². The Hall–Kier alpha value is -1.69. The van der Waals surface area contributed by atoms with E-state index in [2.05, 4.69) is 15.9 Å². The molecule has 0 bridgehead atoms. The van der Waals surface area contributed by atoms with Crippen LogP contribution in [0, 0.1) is 17.5 Å². The van der Waals surface area contributed by atoms with E-state index in [-0.39, 0.29) is 16.9 Å². The Morgan fingerprint density at radius 2 is 1.43 bits per heavy atom. The van der Waals surface area contributed by atoms with E-state index >= 15 is 0 Å². The Bertz CT molecular complexity index is 662. The van der Waals surface area contributed by atoms with Gasteiger partial charge in [-0.3, -0.25) is 0 Å². The summed E-state index contributed by atoms with van der Waals surface area (Å²) in [4.78, 5) is -0.780. The summed E-state index contributed by atoms with van der Waals surface area (Å²) in [5.74, 6) is -1.48. The topological polar surface area (TPSA) is 18.5 Å². The Labute approximate surface area is 128 Å². The van der Waals surface area contributed by atoms with Gasteiger partial charge in [0.15, 0.2) is 11.5 Å². The van der Waals surface area contributed by atoms with Crippen LogP contribution in [0.1, 0.15) is 16.0 Å². The largest absolute Gasteiger partial charge is 0.493 e. The standard InChI is InChI=1S/C15H12BrF3O2/c1-20-13-6-10(12(19)7-14(13)21-2)15(16)9-4-3-8(17)5-11(9)18/h3-7,15H,1-2H3. The van der Waals surface area contributed by atoms with Crippen LogP contribution in [0.25, 0.3) is 0 Å². The molecule has 2 aromatic rings. The lowest BCUT2D eigenvalue weighted by atomic mass is 10.0. The lowest BCUT2D eigenvalue weighted by Gasteiger charge is -2.16. The van der Waals surface area contributed by atoms with E-state index in [1.165, 1.54) is 26.4 Å². The Morgan fingerprint density at radius 1 is 0.857 bits per heavy atom. The lowest BCUT2D eigenvalue weighted by molar-refractivity contribution is 0.351. The SMILES string of the molecule is COc1cc(F)c(C(Br)c2ccc(F)cc2F)cc1OC. The highest BCUT2D eigenvalue weighted by molar-refractivity contribution is 9.09. The van der Waals surface area contributed by atoms with Gasteiger partial charge < -0.3 is 9.47 Å². The molecule has 1 atom stereocenters. The van der Waals surface area contributed by atoms with Crippen LogP contribution >= 0.6 is 15.9 Å². The molecule has 21 heavy (non-hydrogen) atoms. The highest BCUT2D eigenvalue weighted by Crippen LogP contribution is 2.39. The van der Waals surface area contributed by atoms with E-state index in [4.69, 9.17) is 9.47 Å². The minimum Gasteiger partial charge on any atom is -0.493 e. The van der Waals surface area contributed by atoms with Gasteiger partial charge in [0.05, 0.1) is 19.0 Å². The smallest absolute Gasteiger partial charge is 0.163 e. The summed E-state index contributed by atoms with van der Waals surface area (Å²) in [5, 5.41) is 0. The molecule has 112 valence electrons. The highest BCUT2D eigenvalue weighted by Gasteiger charge is 2.21. The summed E-state index contributed by atoms with van der Waals surface area (Å²) in [5.41, 5.74) is 0.292. The molecular formula is C15H12BrF3O2. The van der Waals surface area contributed by atoms with Crippen molar-refractivity contribution in [3.63, 3.8) is 0 Å². The monoisotopic (exact) mass is 360 g/mol. The van der Waals surface area contributed by atoms with Crippen molar-refractivity contribution in [2.75, 3.05) is 14.2 Å². The van der Waals surface area contributed by atoms with Gasteiger partial charge in [0, 0.05) is 23.3 Å². The van der Waals surface area contributed by atoms with Gasteiger partial charge in [0.25, 0.3) is 0 Å². The minimum atomic E-state index is -0.780. The molecule has 6 heteroatoms. The maximum absolute atomic E-state index is 14.1. The number of benzene rings is 2. The van der Waals surface area contributed by atoms with E-state index < -0.39 is 22.3 Å². The zero-order valence-corrected chi connectivity index (χ0v) is 12.9. The minimum absolute atomic E-state index is 0.127. The fourth-order valence-electron chi connectivity index (χ4n) is 1.94. The second kappa shape index (κ2) is 6.39. The van der Waals surface area contributed by atoms with Gasteiger partial charge in [-0.05, 0) is 12.1 Å². The van der Waals surface area contributed by atoms with Crippen molar-refractivity contribution in [3.05, 3.63) is 58.9 Å². The van der Waals surface area contributed by atoms with Crippen LogP contribution in [0.2, 0.25) is 0 Å². The normalized spacial score (nSPS) is 12.1. The fraction of sp³-hybridized carbons (Fsp3) is 0.200. The molecule has 0 saturated carbocycles. The first-order chi connectivity index (χ1) is 9.97. The van der Waals surface area contributed by atoms with Gasteiger partial charge in [0.2, 0.25) is 0 Å². The highest BCUT2D eigenvalue weighted by atomic mass is 79.9. The summed E-state index contributed by atoms with van der Waals surface area (Å²) in [6.45, 7) is 0. The van der Waals surface area contributed by atoms with Gasteiger partial charge in [-0.1, -0.05) is 22.0 Å². The van der Waals surface area contributed by atoms with Crippen molar-refractivity contribution < 1.29 is 22.6 Å². The maximum Gasteiger partial charge on any atom is 0.163 e. The quantitative estimate of drug-likeness (QED) is 0.741. The van der Waals surface area contributed by atoms with Gasteiger partial charge in [-0.25, -0.2) is 13.2 Å². The van der Waals surface area contributed by atoms with Crippen molar-refractivity contribution in [1.29, 1.82) is 0 Å². The van der Waals surface area contributed by atoms with Crippen molar-refractivity contribution in [2.45, 2.75) is 4.83 Å². The van der Waals surface area contributed by atoms with E-state index in [9.17, 15) is 13.2 Å². The molecule has 0 N–H and O–H groups in total. The second-order valence-corrected chi connectivity index (χ2v) is 5.17. The maximum atomic E-state index is 14.1. The van der Waals surface area contributed by atoms with E-state index in [1.807, 2.05) is 0 Å². The van der Waals surface area contributed by atoms with Crippen LogP contribution in [0.4, 0.5) is 13.2 Å². The number of alkyl halides is 1. The van der Waals surface area contributed by atoms with Crippen LogP contribution in [0.5, 0.6) is 11.5 Å². The Morgan fingerprint density at radius 3 is 2.00 bits per heavy atom. The number of halogens is 4. The summed E-state index contributed by atoms with van der Waals surface area (Å²) in [7, 11) is 2.81. The van der Waals surface area contributed by atoms with Crippen LogP contribution in [0.3, 0.4) is 0 Å². The van der Waals surface area contributed by atoms with Crippen molar-refractivity contribution >= 4 is 15.9 Å². The number of hydrogen-bond acceptors (Lipinski definition) is 2. The molecule has 0 aromatic heterocycles. The van der Waals surface area contributed by atoms with Gasteiger partial charge in [0.1, 0.15) is 17.5 Å². The zero-order chi connectivity index (χ0) is 15.6. The molecule has 0 amide bonds. The summed E-state index contributed by atoms with van der Waals surface area (Å²) in [6.07, 6.45) is 0. The first-order valence-electron chi connectivity index (χ1n) is 5.98. The van der Waals surface area contributed by atoms with Crippen molar-refractivity contribution in [3.8, 4) is 11.5 Å². The first-order valence-corrected chi connectivity index (χ1v) is 6.90. The molecule has 0 fully saturated rings. The number of methoxy groups -OCH3 is 2. The van der Waals surface area contributed by atoms with Crippen molar-refractivity contribution in [1.82, 2.24) is 0 Å². The van der Waals surface area contributed by atoms with Crippen LogP contribution in [-0.4, -0.2) is 14.2 Å². The van der Waals surface area contributed by atoms with Crippen LogP contribution in [0.15, 0.2) is 30.3 Å². The third-order valence-corrected chi connectivity index (χ3v) is 4.00. The van der Waals surface area contributed by atoms with Crippen LogP contribution < -0.4 is 9.47 Å². The number of ether oxygens (including phenoxy) is 2. The average molecular weight is 361 g/mol. The third-order valence-electron chi connectivity index (χ3n) is 3.01. The third kappa shape index (κ3) is 3.15. The number of rotatable bonds is 4. The molecule has 0 heterocycles. The molecule has 0 aliphatic rings. The molecule has 1 unspecified atom stereocenters. The zero-order valence-electron chi connectivity index (χ0n) is 11.3. The van der Waals surface area contributed by atoms with Gasteiger partial charge in [-0.15, -0.1) is 0 Å². The first kappa shape index (κ1) is 15.7. The molecule has 0 saturated heterocycles. The van der Waals surface area contributed by atoms with E-state index in [1.54, 1.807) is 0 Å². The predicted molar refractivity (Wildman–Crippen MR) is 76.6 cm³/mol. The summed E-state index contributed by atoms with van der Waals surface area (Å²) in [6, 6.07) is 5.70. The second-order valence-electron chi connectivity index (χ2n) is 4.26. The summed E-state index contributed by atoms with van der Waals surface area (Å²) >= 11 is 3.23. The number of hydrogen-bond donors (Lipinski definition) is 0. The molecule has 2 rings (SSSR count). The molecule has 2 aromatic carbocycles. The summed E-state index contributed by atoms with van der Waals surface area (Å²) < 4.78 is 51.0. The van der Waals surface area contributed by atoms with Gasteiger partial charge >= 0.3 is 0 Å². The fourth-order valence-corrected chi connectivity index (χ4v) is 2.66. The predicted octanol–water partition coefficient (Wildman–Crippen LogP) is 4.61. The van der Waals surface area contributed by atoms with Gasteiger partial charge in [-0.2, -0.15) is 0 Å². The molecule has 0 aliphatic heterocycles. The van der Waals surface area contributed by atoms with E-state index in [0.717, 1.165) is 18.2 Å². The molecule has 2 nitrogen and oxygen atoms in total. The molecule has 0 spiro atoms. The van der Waals surface area contributed by atoms with E-state index in [0.29, 0.717) is 5.75 Å². The Kier molecular flexibility index (Phi) is 4.77. The van der Waals surface area contributed by atoms with Crippen LogP contribution in [-0.2, 0) is 0 Å². The lowest BCUT2D eigenvalue weighted by Crippen LogP contribution is -2.02. The molecule has 0 radical (unpaired) electrons.